The maximum atomic E-state index is 14.0. The minimum Gasteiger partial charge on any atom is -0.398 e. The lowest BCUT2D eigenvalue weighted by molar-refractivity contribution is -0.348. The fraction of sp³-hybridized carbons (Fsp3) is 0.538. The Labute approximate surface area is 116 Å². The van der Waals surface area contributed by atoms with Crippen LogP contribution in [0.3, 0.4) is 0 Å². The van der Waals surface area contributed by atoms with Gasteiger partial charge in [-0.2, -0.15) is 26.3 Å². The molecule has 0 amide bonds. The predicted octanol–water partition coefficient (Wildman–Crippen LogP) is 4.68. The summed E-state index contributed by atoms with van der Waals surface area (Å²) in [6.07, 6.45) is -12.0. The summed E-state index contributed by atoms with van der Waals surface area (Å²) in [6.45, 7) is 3.02. The molecule has 0 saturated heterocycles. The predicted molar refractivity (Wildman–Crippen MR) is 64.5 cm³/mol. The maximum absolute atomic E-state index is 14.0. The zero-order valence-corrected chi connectivity index (χ0v) is 11.3. The van der Waals surface area contributed by atoms with Crippen LogP contribution in [-0.4, -0.2) is 12.4 Å². The third-order valence-corrected chi connectivity index (χ3v) is 3.29. The smallest absolute Gasteiger partial charge is 0.398 e. The molecule has 1 rings (SSSR count). The summed E-state index contributed by atoms with van der Waals surface area (Å²) in [4.78, 5) is 0. The molecule has 0 heterocycles. The molecule has 0 aliphatic carbocycles. The van der Waals surface area contributed by atoms with E-state index < -0.39 is 23.6 Å². The summed E-state index contributed by atoms with van der Waals surface area (Å²) in [5.41, 5.74) is -1.04. The second kappa shape index (κ2) is 5.38. The second-order valence-electron chi connectivity index (χ2n) is 4.57. The van der Waals surface area contributed by atoms with Crippen molar-refractivity contribution in [2.75, 3.05) is 5.73 Å². The molecule has 1 nitrogen and oxygen atoms in total. The fourth-order valence-electron chi connectivity index (χ4n) is 2.05. The molecule has 0 aliphatic rings. The normalized spacial score (nSPS) is 13.6. The van der Waals surface area contributed by atoms with E-state index in [1.165, 1.54) is 13.8 Å². The Bertz CT molecular complexity index is 477. The monoisotopic (exact) mass is 317 g/mol. The van der Waals surface area contributed by atoms with Crippen LogP contribution in [0.1, 0.15) is 30.5 Å². The Hall–Kier alpha value is -1.47. The van der Waals surface area contributed by atoms with E-state index in [-0.39, 0.29) is 29.7 Å². The topological polar surface area (TPSA) is 26.0 Å². The van der Waals surface area contributed by atoms with Gasteiger partial charge in [-0.1, -0.05) is 13.8 Å². The molecule has 0 fully saturated rings. The maximum Gasteiger partial charge on any atom is 0.435 e. The van der Waals surface area contributed by atoms with Crippen molar-refractivity contribution in [2.45, 2.75) is 44.7 Å². The quantitative estimate of drug-likeness (QED) is 0.635. The summed E-state index contributed by atoms with van der Waals surface area (Å²) in [5, 5.41) is 0. The first kappa shape index (κ1) is 17.6. The summed E-state index contributed by atoms with van der Waals surface area (Å²) in [7, 11) is 0. The van der Waals surface area contributed by atoms with Gasteiger partial charge in [0.25, 0.3) is 0 Å². The molecule has 2 N–H and O–H groups in total. The van der Waals surface area contributed by atoms with Crippen LogP contribution in [0.5, 0.6) is 0 Å². The van der Waals surface area contributed by atoms with Gasteiger partial charge in [0.2, 0.25) is 0 Å². The molecule has 0 saturated carbocycles. The van der Waals surface area contributed by atoms with Gasteiger partial charge in [0.1, 0.15) is 0 Å². The van der Waals surface area contributed by atoms with Gasteiger partial charge in [-0.3, -0.25) is 0 Å². The van der Waals surface area contributed by atoms with Crippen LogP contribution in [0.2, 0.25) is 0 Å². The van der Waals surface area contributed by atoms with Crippen LogP contribution in [-0.2, 0) is 18.5 Å². The van der Waals surface area contributed by atoms with Crippen LogP contribution in [0.4, 0.5) is 36.4 Å². The number of alkyl halides is 7. The van der Waals surface area contributed by atoms with Gasteiger partial charge in [-0.15, -0.1) is 0 Å². The van der Waals surface area contributed by atoms with Crippen LogP contribution in [0.15, 0.2) is 12.1 Å². The average molecular weight is 317 g/mol. The third-order valence-electron chi connectivity index (χ3n) is 3.29. The average Bonchev–Trinajstić information content (AvgIpc) is 2.35. The number of aryl methyl sites for hydroxylation is 2. The zero-order chi connectivity index (χ0) is 16.6. The SMILES string of the molecule is CCc1cc(C(F)(C(F)(F)F)C(F)(F)F)cc(CC)c1N. The van der Waals surface area contributed by atoms with Gasteiger partial charge in [0.05, 0.1) is 0 Å². The Balaban J connectivity index is 3.69. The molecule has 0 aromatic heterocycles. The first-order chi connectivity index (χ1) is 9.40. The molecule has 0 atom stereocenters. The molecule has 1 aromatic rings. The van der Waals surface area contributed by atoms with E-state index >= 15 is 0 Å². The number of anilines is 1. The molecular weight excluding hydrogens is 303 g/mol. The third kappa shape index (κ3) is 2.80. The molecule has 21 heavy (non-hydrogen) atoms. The first-order valence-electron chi connectivity index (χ1n) is 6.14. The number of nitrogen functional groups attached to an aromatic ring is 1. The number of hydrogen-bond donors (Lipinski definition) is 1. The van der Waals surface area contributed by atoms with Crippen LogP contribution < -0.4 is 5.73 Å². The van der Waals surface area contributed by atoms with E-state index in [0.29, 0.717) is 12.1 Å². The highest BCUT2D eigenvalue weighted by Gasteiger charge is 2.73. The summed E-state index contributed by atoms with van der Waals surface area (Å²) < 4.78 is 90.4. The number of halogens is 7. The van der Waals surface area contributed by atoms with E-state index in [2.05, 4.69) is 0 Å². The van der Waals surface area contributed by atoms with E-state index in [4.69, 9.17) is 5.73 Å². The number of nitrogens with two attached hydrogens (primary N) is 1. The van der Waals surface area contributed by atoms with Gasteiger partial charge >= 0.3 is 18.0 Å². The van der Waals surface area contributed by atoms with Crippen molar-refractivity contribution in [3.63, 3.8) is 0 Å². The molecule has 0 radical (unpaired) electrons. The summed E-state index contributed by atoms with van der Waals surface area (Å²) in [6, 6.07) is 1.07. The van der Waals surface area contributed by atoms with E-state index in [0.717, 1.165) is 0 Å². The van der Waals surface area contributed by atoms with Gasteiger partial charge < -0.3 is 5.73 Å². The van der Waals surface area contributed by atoms with Gasteiger partial charge in [0, 0.05) is 11.3 Å². The van der Waals surface area contributed by atoms with Crippen molar-refractivity contribution in [1.29, 1.82) is 0 Å². The lowest BCUT2D eigenvalue weighted by Gasteiger charge is -2.31. The Morgan fingerprint density at radius 3 is 1.38 bits per heavy atom. The number of rotatable bonds is 3. The second-order valence-corrected chi connectivity index (χ2v) is 4.57. The van der Waals surface area contributed by atoms with Crippen LogP contribution in [0.25, 0.3) is 0 Å². The minimum absolute atomic E-state index is 0.0554. The van der Waals surface area contributed by atoms with Crippen molar-refractivity contribution in [3.8, 4) is 0 Å². The number of benzene rings is 1. The minimum atomic E-state index is -6.11. The molecule has 0 spiro atoms. The van der Waals surface area contributed by atoms with Crippen LogP contribution >= 0.6 is 0 Å². The highest BCUT2D eigenvalue weighted by molar-refractivity contribution is 5.57. The molecule has 0 aliphatic heterocycles. The molecule has 120 valence electrons. The Morgan fingerprint density at radius 2 is 1.14 bits per heavy atom. The zero-order valence-electron chi connectivity index (χ0n) is 11.3. The van der Waals surface area contributed by atoms with Gasteiger partial charge in [0.15, 0.2) is 0 Å². The summed E-state index contributed by atoms with van der Waals surface area (Å²) in [5.74, 6) is 0. The number of hydrogen-bond acceptors (Lipinski definition) is 1. The molecule has 0 unspecified atom stereocenters. The standard InChI is InChI=1S/C13H14F7N/c1-3-7-5-9(6-8(4-2)10(7)21)11(14,12(15,16)17)13(18,19)20/h5-6H,3-4,21H2,1-2H3. The molecular formula is C13H14F7N. The Kier molecular flexibility index (Phi) is 4.51. The van der Waals surface area contributed by atoms with Gasteiger partial charge in [-0.25, -0.2) is 4.39 Å². The molecule has 1 aromatic carbocycles. The van der Waals surface area contributed by atoms with E-state index in [9.17, 15) is 30.7 Å². The lowest BCUT2D eigenvalue weighted by atomic mass is 9.89. The molecule has 8 heteroatoms. The highest BCUT2D eigenvalue weighted by atomic mass is 19.4. The van der Waals surface area contributed by atoms with Crippen molar-refractivity contribution < 1.29 is 30.7 Å². The van der Waals surface area contributed by atoms with Crippen molar-refractivity contribution >= 4 is 5.69 Å². The lowest BCUT2D eigenvalue weighted by Crippen LogP contribution is -2.50. The van der Waals surface area contributed by atoms with Gasteiger partial charge in [-0.05, 0) is 36.1 Å². The van der Waals surface area contributed by atoms with Crippen molar-refractivity contribution in [1.82, 2.24) is 0 Å². The van der Waals surface area contributed by atoms with Crippen molar-refractivity contribution in [3.05, 3.63) is 28.8 Å². The fourth-order valence-corrected chi connectivity index (χ4v) is 2.05. The Morgan fingerprint density at radius 1 is 0.810 bits per heavy atom. The van der Waals surface area contributed by atoms with E-state index in [1.807, 2.05) is 0 Å². The highest BCUT2D eigenvalue weighted by Crippen LogP contribution is 2.53. The largest absolute Gasteiger partial charge is 0.435 e. The summed E-state index contributed by atoms with van der Waals surface area (Å²) >= 11 is 0. The van der Waals surface area contributed by atoms with E-state index in [1.54, 1.807) is 0 Å². The van der Waals surface area contributed by atoms with Crippen LogP contribution in [0, 0.1) is 0 Å². The van der Waals surface area contributed by atoms with Crippen molar-refractivity contribution in [2.24, 2.45) is 0 Å². The molecule has 0 bridgehead atoms. The first-order valence-corrected chi connectivity index (χ1v) is 6.14.